The zero-order valence-electron chi connectivity index (χ0n) is 15.6. The Balaban J connectivity index is 1.96. The van der Waals surface area contributed by atoms with Crippen molar-refractivity contribution in [2.75, 3.05) is 7.11 Å². The quantitative estimate of drug-likeness (QED) is 0.624. The normalized spacial score (nSPS) is 16.7. The molecule has 0 spiro atoms. The van der Waals surface area contributed by atoms with Gasteiger partial charge in [0.2, 0.25) is 0 Å². The zero-order valence-corrected chi connectivity index (χ0v) is 17.3. The van der Waals surface area contributed by atoms with Crippen molar-refractivity contribution in [2.24, 2.45) is 4.99 Å². The number of benzene rings is 1. The minimum absolute atomic E-state index is 0.156. The molecule has 7 heteroatoms. The van der Waals surface area contributed by atoms with Crippen LogP contribution < -0.4 is 14.9 Å². The van der Waals surface area contributed by atoms with Gasteiger partial charge in [0.1, 0.15) is 6.04 Å². The maximum Gasteiger partial charge on any atom is 0.338 e. The number of aryl methyl sites for hydroxylation is 1. The van der Waals surface area contributed by atoms with Gasteiger partial charge in [-0.1, -0.05) is 47.2 Å². The van der Waals surface area contributed by atoms with Crippen LogP contribution in [0, 0.1) is 6.92 Å². The first-order valence-corrected chi connectivity index (χ1v) is 10.4. The molecular weight excluding hydrogens is 392 g/mol. The number of hydrogen-bond acceptors (Lipinski definition) is 6. The minimum atomic E-state index is -0.524. The van der Waals surface area contributed by atoms with Crippen LogP contribution >= 0.6 is 22.7 Å². The first-order valence-electron chi connectivity index (χ1n) is 8.70. The van der Waals surface area contributed by atoms with Crippen molar-refractivity contribution >= 4 is 34.7 Å². The first kappa shape index (κ1) is 18.6. The maximum absolute atomic E-state index is 13.3. The fourth-order valence-electron chi connectivity index (χ4n) is 3.22. The summed E-state index contributed by atoms with van der Waals surface area (Å²) in [4.78, 5) is 31.8. The van der Waals surface area contributed by atoms with Crippen molar-refractivity contribution < 1.29 is 9.53 Å². The number of hydrogen-bond donors (Lipinski definition) is 0. The molecule has 3 heterocycles. The van der Waals surface area contributed by atoms with Crippen LogP contribution in [0.4, 0.5) is 0 Å². The van der Waals surface area contributed by atoms with E-state index in [-0.39, 0.29) is 5.56 Å². The molecule has 0 bridgehead atoms. The average molecular weight is 411 g/mol. The van der Waals surface area contributed by atoms with Gasteiger partial charge in [-0.2, -0.15) is 0 Å². The van der Waals surface area contributed by atoms with E-state index in [0.29, 0.717) is 20.6 Å². The van der Waals surface area contributed by atoms with Crippen molar-refractivity contribution in [1.29, 1.82) is 0 Å². The summed E-state index contributed by atoms with van der Waals surface area (Å²) in [6.45, 7) is 3.81. The summed E-state index contributed by atoms with van der Waals surface area (Å²) in [7, 11) is 1.34. The topological polar surface area (TPSA) is 60.7 Å². The second kappa shape index (κ2) is 7.33. The lowest BCUT2D eigenvalue weighted by atomic mass is 10.0. The van der Waals surface area contributed by atoms with E-state index in [4.69, 9.17) is 4.74 Å². The number of thiophene rings is 1. The summed E-state index contributed by atoms with van der Waals surface area (Å²) >= 11 is 2.84. The Morgan fingerprint density at radius 1 is 1.21 bits per heavy atom. The predicted octanol–water partition coefficient (Wildman–Crippen LogP) is 2.78. The third kappa shape index (κ3) is 3.16. The van der Waals surface area contributed by atoms with Gasteiger partial charge in [-0.25, -0.2) is 9.79 Å². The second-order valence-electron chi connectivity index (χ2n) is 6.50. The van der Waals surface area contributed by atoms with Gasteiger partial charge in [0.15, 0.2) is 4.80 Å². The fourth-order valence-corrected chi connectivity index (χ4v) is 5.09. The largest absolute Gasteiger partial charge is 0.466 e. The Labute approximate surface area is 169 Å². The number of carbonyl (C=O) groups is 1. The number of rotatable bonds is 3. The monoisotopic (exact) mass is 410 g/mol. The van der Waals surface area contributed by atoms with Gasteiger partial charge in [0, 0.05) is 4.88 Å². The number of esters is 1. The lowest BCUT2D eigenvalue weighted by Crippen LogP contribution is -2.39. The van der Waals surface area contributed by atoms with Gasteiger partial charge in [-0.15, -0.1) is 11.3 Å². The van der Waals surface area contributed by atoms with Crippen LogP contribution in [0.3, 0.4) is 0 Å². The summed E-state index contributed by atoms with van der Waals surface area (Å²) < 4.78 is 7.18. The molecule has 1 aliphatic rings. The van der Waals surface area contributed by atoms with Gasteiger partial charge in [0.25, 0.3) is 5.56 Å². The van der Waals surface area contributed by atoms with Crippen molar-refractivity contribution in [3.05, 3.63) is 88.7 Å². The summed E-state index contributed by atoms with van der Waals surface area (Å²) in [5.41, 5.74) is 2.94. The molecule has 28 heavy (non-hydrogen) atoms. The standard InChI is InChI=1S/C21H18N2O3S2/c1-12-6-8-14(9-7-12)11-16-19(24)23-18(15-5-4-10-27-15)17(20(25)26-3)13(2)22-21(23)28-16/h4-11,18H,1-3H3/b16-11-/t18-/m1/s1. The summed E-state index contributed by atoms with van der Waals surface area (Å²) in [6.07, 6.45) is 1.87. The maximum atomic E-state index is 13.3. The van der Waals surface area contributed by atoms with Crippen molar-refractivity contribution in [3.8, 4) is 0 Å². The van der Waals surface area contributed by atoms with Crippen LogP contribution in [-0.4, -0.2) is 17.6 Å². The minimum Gasteiger partial charge on any atom is -0.466 e. The van der Waals surface area contributed by atoms with Gasteiger partial charge >= 0.3 is 5.97 Å². The third-order valence-corrected chi connectivity index (χ3v) is 6.52. The van der Waals surface area contributed by atoms with E-state index in [0.717, 1.165) is 16.0 Å². The van der Waals surface area contributed by atoms with Crippen LogP contribution in [-0.2, 0) is 9.53 Å². The molecule has 5 nitrogen and oxygen atoms in total. The Morgan fingerprint density at radius 3 is 2.61 bits per heavy atom. The Bertz CT molecular complexity index is 1250. The molecule has 0 saturated heterocycles. The van der Waals surface area contributed by atoms with E-state index >= 15 is 0 Å². The number of nitrogens with zero attached hydrogens (tertiary/aromatic N) is 2. The molecule has 142 valence electrons. The molecule has 2 aromatic heterocycles. The Kier molecular flexibility index (Phi) is 4.87. The van der Waals surface area contributed by atoms with Crippen molar-refractivity contribution in [2.45, 2.75) is 19.9 Å². The number of ether oxygens (including phenoxy) is 1. The number of thiazole rings is 1. The highest BCUT2D eigenvalue weighted by Gasteiger charge is 2.33. The van der Waals surface area contributed by atoms with E-state index in [1.165, 1.54) is 29.8 Å². The molecular formula is C21H18N2O3S2. The van der Waals surface area contributed by atoms with E-state index in [9.17, 15) is 9.59 Å². The van der Waals surface area contributed by atoms with Gasteiger partial charge in [-0.3, -0.25) is 9.36 Å². The van der Waals surface area contributed by atoms with Crippen LogP contribution in [0.2, 0.25) is 0 Å². The molecule has 0 unspecified atom stereocenters. The molecule has 0 N–H and O–H groups in total. The molecule has 1 aliphatic heterocycles. The SMILES string of the molecule is COC(=O)C1=C(C)N=c2s/c(=C\c3ccc(C)cc3)c(=O)n2[C@@H]1c1cccs1. The highest BCUT2D eigenvalue weighted by molar-refractivity contribution is 7.10. The molecule has 0 aliphatic carbocycles. The van der Waals surface area contributed by atoms with Crippen molar-refractivity contribution in [1.82, 2.24) is 4.57 Å². The van der Waals surface area contributed by atoms with Crippen LogP contribution in [0.25, 0.3) is 6.08 Å². The molecule has 4 rings (SSSR count). The van der Waals surface area contributed by atoms with Gasteiger partial charge in [0.05, 0.1) is 22.9 Å². The van der Waals surface area contributed by atoms with Crippen LogP contribution in [0.5, 0.6) is 0 Å². The van der Waals surface area contributed by atoms with Crippen molar-refractivity contribution in [3.63, 3.8) is 0 Å². The molecule has 0 saturated carbocycles. The van der Waals surface area contributed by atoms with Gasteiger partial charge < -0.3 is 4.74 Å². The van der Waals surface area contributed by atoms with Crippen LogP contribution in [0.15, 0.2) is 62.8 Å². The molecule has 0 radical (unpaired) electrons. The van der Waals surface area contributed by atoms with Gasteiger partial charge in [-0.05, 0) is 36.9 Å². The highest BCUT2D eigenvalue weighted by atomic mass is 32.1. The number of allylic oxidation sites excluding steroid dienone is 1. The number of methoxy groups -OCH3 is 1. The lowest BCUT2D eigenvalue weighted by molar-refractivity contribution is -0.136. The lowest BCUT2D eigenvalue weighted by Gasteiger charge is -2.22. The van der Waals surface area contributed by atoms with Crippen LogP contribution in [0.1, 0.15) is 29.0 Å². The molecule has 3 aromatic rings. The predicted molar refractivity (Wildman–Crippen MR) is 111 cm³/mol. The molecule has 1 aromatic carbocycles. The molecule has 1 atom stereocenters. The summed E-state index contributed by atoms with van der Waals surface area (Å²) in [5.74, 6) is -0.465. The molecule has 0 fully saturated rings. The fraction of sp³-hybridized carbons (Fsp3) is 0.190. The zero-order chi connectivity index (χ0) is 19.8. The van der Waals surface area contributed by atoms with E-state index < -0.39 is 12.0 Å². The number of carbonyl (C=O) groups excluding carboxylic acids is 1. The summed E-state index contributed by atoms with van der Waals surface area (Å²) in [6, 6.07) is 11.3. The number of aromatic nitrogens is 1. The summed E-state index contributed by atoms with van der Waals surface area (Å²) in [5, 5.41) is 1.93. The first-order chi connectivity index (χ1) is 13.5. The Hall–Kier alpha value is -2.77. The smallest absolute Gasteiger partial charge is 0.338 e. The highest BCUT2D eigenvalue weighted by Crippen LogP contribution is 2.32. The van der Waals surface area contributed by atoms with E-state index in [1.807, 2.05) is 54.8 Å². The Morgan fingerprint density at radius 2 is 1.96 bits per heavy atom. The average Bonchev–Trinajstić information content (AvgIpc) is 3.31. The van der Waals surface area contributed by atoms with E-state index in [2.05, 4.69) is 4.99 Å². The number of fused-ring (bicyclic) bond motifs is 1. The molecule has 0 amide bonds. The third-order valence-electron chi connectivity index (χ3n) is 4.61. The van der Waals surface area contributed by atoms with E-state index in [1.54, 1.807) is 11.5 Å². The second-order valence-corrected chi connectivity index (χ2v) is 8.49.